The maximum absolute atomic E-state index is 4.85. The molecule has 4 aromatic rings. The summed E-state index contributed by atoms with van der Waals surface area (Å²) in [6, 6.07) is 20.4. The molecule has 4 heteroatoms. The molecule has 2 heterocycles. The van der Waals surface area contributed by atoms with Gasteiger partial charge in [-0.2, -0.15) is 0 Å². The van der Waals surface area contributed by atoms with Crippen LogP contribution in [0.25, 0.3) is 22.5 Å². The fraction of sp³-hybridized carbons (Fsp3) is 0.231. The smallest absolute Gasteiger partial charge is 0.0888 e. The zero-order chi connectivity index (χ0) is 20.8. The van der Waals surface area contributed by atoms with E-state index in [4.69, 9.17) is 4.98 Å². The van der Waals surface area contributed by atoms with E-state index >= 15 is 0 Å². The Morgan fingerprint density at radius 2 is 1.20 bits per heavy atom. The molecule has 0 amide bonds. The monoisotopic (exact) mass is 394 g/mol. The van der Waals surface area contributed by atoms with Crippen LogP contribution in [0.5, 0.6) is 0 Å². The summed E-state index contributed by atoms with van der Waals surface area (Å²) in [5.74, 6) is 0.676. The van der Waals surface area contributed by atoms with Gasteiger partial charge in [-0.1, -0.05) is 74.5 Å². The molecule has 2 atom stereocenters. The Hall–Kier alpha value is -3.40. The summed E-state index contributed by atoms with van der Waals surface area (Å²) in [5.41, 5.74) is 6.10. The quantitative estimate of drug-likeness (QED) is 0.370. The van der Waals surface area contributed by atoms with Crippen LogP contribution in [0.3, 0.4) is 0 Å². The molecule has 2 aromatic heterocycles. The zero-order valence-corrected chi connectivity index (χ0v) is 17.4. The van der Waals surface area contributed by atoms with Crippen LogP contribution >= 0.6 is 0 Å². The third kappa shape index (κ3) is 4.77. The molecule has 2 unspecified atom stereocenters. The largest absolute Gasteiger partial charge is 0.261 e. The predicted molar refractivity (Wildman–Crippen MR) is 121 cm³/mol. The standard InChI is InChI=1S/C26H26N4/c1-19(23-17-29-25(18-28-23)21-9-5-3-6-10-21)13-14-20(2)24-15-27-16-26(30-24)22-11-7-4-8-12-22/h3-12,15-20H,13-14H2,1-2H3. The van der Waals surface area contributed by atoms with Gasteiger partial charge in [0.1, 0.15) is 0 Å². The van der Waals surface area contributed by atoms with Crippen LogP contribution in [-0.4, -0.2) is 19.9 Å². The number of nitrogens with zero attached hydrogens (tertiary/aromatic N) is 4. The predicted octanol–water partition coefficient (Wildman–Crippen LogP) is 6.29. The minimum absolute atomic E-state index is 0.333. The van der Waals surface area contributed by atoms with Gasteiger partial charge in [0.2, 0.25) is 0 Å². The van der Waals surface area contributed by atoms with Crippen LogP contribution in [0, 0.1) is 0 Å². The van der Waals surface area contributed by atoms with Crippen LogP contribution in [0.1, 0.15) is 49.9 Å². The highest BCUT2D eigenvalue weighted by Crippen LogP contribution is 2.27. The topological polar surface area (TPSA) is 51.6 Å². The molecule has 0 aliphatic heterocycles. The highest BCUT2D eigenvalue weighted by Gasteiger charge is 2.14. The number of rotatable bonds is 7. The average Bonchev–Trinajstić information content (AvgIpc) is 2.83. The minimum atomic E-state index is 0.333. The van der Waals surface area contributed by atoms with E-state index in [2.05, 4.69) is 53.1 Å². The summed E-state index contributed by atoms with van der Waals surface area (Å²) in [4.78, 5) is 18.6. The van der Waals surface area contributed by atoms with Crippen LogP contribution in [-0.2, 0) is 0 Å². The first-order valence-corrected chi connectivity index (χ1v) is 10.5. The summed E-state index contributed by atoms with van der Waals surface area (Å²) >= 11 is 0. The molecular formula is C26H26N4. The number of benzene rings is 2. The van der Waals surface area contributed by atoms with Crippen molar-refractivity contribution < 1.29 is 0 Å². The van der Waals surface area contributed by atoms with E-state index in [9.17, 15) is 0 Å². The molecule has 30 heavy (non-hydrogen) atoms. The van der Waals surface area contributed by atoms with Crippen LogP contribution in [0.2, 0.25) is 0 Å². The van der Waals surface area contributed by atoms with E-state index in [0.717, 1.165) is 46.7 Å². The van der Waals surface area contributed by atoms with E-state index in [-0.39, 0.29) is 0 Å². The van der Waals surface area contributed by atoms with Crippen molar-refractivity contribution in [2.75, 3.05) is 0 Å². The van der Waals surface area contributed by atoms with Gasteiger partial charge in [0.15, 0.2) is 0 Å². The van der Waals surface area contributed by atoms with Gasteiger partial charge in [-0.05, 0) is 24.7 Å². The van der Waals surface area contributed by atoms with Crippen molar-refractivity contribution in [3.8, 4) is 22.5 Å². The molecule has 0 fully saturated rings. The van der Waals surface area contributed by atoms with E-state index < -0.39 is 0 Å². The molecule has 0 spiro atoms. The van der Waals surface area contributed by atoms with Gasteiger partial charge in [-0.15, -0.1) is 0 Å². The van der Waals surface area contributed by atoms with Crippen LogP contribution in [0.15, 0.2) is 85.5 Å². The summed E-state index contributed by atoms with van der Waals surface area (Å²) in [7, 11) is 0. The first-order chi connectivity index (χ1) is 14.7. The normalized spacial score (nSPS) is 13.0. The Morgan fingerprint density at radius 1 is 0.600 bits per heavy atom. The Labute approximate surface area is 178 Å². The van der Waals surface area contributed by atoms with Crippen molar-refractivity contribution in [3.63, 3.8) is 0 Å². The second-order valence-electron chi connectivity index (χ2n) is 7.77. The van der Waals surface area contributed by atoms with Gasteiger partial charge in [0.05, 0.1) is 35.2 Å². The Kier molecular flexibility index (Phi) is 6.23. The van der Waals surface area contributed by atoms with Gasteiger partial charge in [-0.3, -0.25) is 15.0 Å². The molecule has 4 rings (SSSR count). The van der Waals surface area contributed by atoms with Crippen LogP contribution < -0.4 is 0 Å². The second-order valence-corrected chi connectivity index (χ2v) is 7.77. The molecular weight excluding hydrogens is 368 g/mol. The molecule has 0 aliphatic rings. The van der Waals surface area contributed by atoms with Crippen LogP contribution in [0.4, 0.5) is 0 Å². The van der Waals surface area contributed by atoms with Gasteiger partial charge in [0, 0.05) is 23.5 Å². The van der Waals surface area contributed by atoms with Gasteiger partial charge in [0.25, 0.3) is 0 Å². The van der Waals surface area contributed by atoms with Gasteiger partial charge < -0.3 is 0 Å². The third-order valence-electron chi connectivity index (χ3n) is 5.51. The molecule has 0 radical (unpaired) electrons. The number of hydrogen-bond acceptors (Lipinski definition) is 4. The van der Waals surface area contributed by atoms with Crippen molar-refractivity contribution in [1.29, 1.82) is 0 Å². The fourth-order valence-electron chi connectivity index (χ4n) is 3.51. The number of hydrogen-bond donors (Lipinski definition) is 0. The number of aromatic nitrogens is 4. The van der Waals surface area contributed by atoms with Crippen molar-refractivity contribution in [2.45, 2.75) is 38.5 Å². The molecule has 0 N–H and O–H groups in total. The van der Waals surface area contributed by atoms with E-state index in [0.29, 0.717) is 11.8 Å². The zero-order valence-electron chi connectivity index (χ0n) is 17.4. The molecule has 0 saturated heterocycles. The molecule has 0 bridgehead atoms. The lowest BCUT2D eigenvalue weighted by Gasteiger charge is -2.15. The lowest BCUT2D eigenvalue weighted by Crippen LogP contribution is -2.04. The van der Waals surface area contributed by atoms with Crippen molar-refractivity contribution in [3.05, 3.63) is 96.8 Å². The first-order valence-electron chi connectivity index (χ1n) is 10.5. The molecule has 2 aromatic carbocycles. The highest BCUT2D eigenvalue weighted by atomic mass is 14.8. The third-order valence-corrected chi connectivity index (χ3v) is 5.51. The lowest BCUT2D eigenvalue weighted by atomic mass is 9.94. The molecule has 150 valence electrons. The van der Waals surface area contributed by atoms with Crippen molar-refractivity contribution >= 4 is 0 Å². The summed E-state index contributed by atoms with van der Waals surface area (Å²) in [5, 5.41) is 0. The first kappa shape index (κ1) is 19.9. The summed E-state index contributed by atoms with van der Waals surface area (Å²) in [6.07, 6.45) is 9.55. The molecule has 0 aliphatic carbocycles. The Balaban J connectivity index is 1.38. The van der Waals surface area contributed by atoms with E-state index in [1.807, 2.05) is 61.2 Å². The average molecular weight is 395 g/mol. The second kappa shape index (κ2) is 9.40. The van der Waals surface area contributed by atoms with Gasteiger partial charge >= 0.3 is 0 Å². The van der Waals surface area contributed by atoms with Crippen molar-refractivity contribution in [2.24, 2.45) is 0 Å². The Bertz CT molecular complexity index is 1060. The Morgan fingerprint density at radius 3 is 1.80 bits per heavy atom. The summed E-state index contributed by atoms with van der Waals surface area (Å²) in [6.45, 7) is 4.43. The fourth-order valence-corrected chi connectivity index (χ4v) is 3.51. The lowest BCUT2D eigenvalue weighted by molar-refractivity contribution is 0.555. The highest BCUT2D eigenvalue weighted by molar-refractivity contribution is 5.58. The summed E-state index contributed by atoms with van der Waals surface area (Å²) < 4.78 is 0. The van der Waals surface area contributed by atoms with E-state index in [1.54, 1.807) is 0 Å². The molecule has 4 nitrogen and oxygen atoms in total. The SMILES string of the molecule is CC(CCC(C)c1cncc(-c2ccccc2)n1)c1cnc(-c2ccccc2)cn1. The maximum Gasteiger partial charge on any atom is 0.0888 e. The van der Waals surface area contributed by atoms with Gasteiger partial charge in [-0.25, -0.2) is 4.98 Å². The van der Waals surface area contributed by atoms with Crippen molar-refractivity contribution in [1.82, 2.24) is 19.9 Å². The molecule has 0 saturated carbocycles. The minimum Gasteiger partial charge on any atom is -0.261 e. The van der Waals surface area contributed by atoms with E-state index in [1.165, 1.54) is 0 Å². The maximum atomic E-state index is 4.85.